The van der Waals surface area contributed by atoms with Crippen LogP contribution in [0.2, 0.25) is 0 Å². The second kappa shape index (κ2) is 8.09. The van der Waals surface area contributed by atoms with Gasteiger partial charge in [-0.2, -0.15) is 5.10 Å². The molecule has 1 saturated carbocycles. The maximum Gasteiger partial charge on any atom is 0.227 e. The van der Waals surface area contributed by atoms with E-state index in [1.54, 1.807) is 0 Å². The Morgan fingerprint density at radius 3 is 2.69 bits per heavy atom. The molecule has 0 aromatic carbocycles. The Labute approximate surface area is 173 Å². The lowest BCUT2D eigenvalue weighted by Crippen LogP contribution is -2.45. The van der Waals surface area contributed by atoms with Gasteiger partial charge in [0.2, 0.25) is 5.95 Å². The van der Waals surface area contributed by atoms with Crippen molar-refractivity contribution in [1.82, 2.24) is 24.5 Å². The number of rotatable bonds is 4. The summed E-state index contributed by atoms with van der Waals surface area (Å²) < 4.78 is 10.2. The first kappa shape index (κ1) is 19.1. The van der Waals surface area contributed by atoms with Crippen LogP contribution in [0.5, 0.6) is 0 Å². The molecule has 7 heteroatoms. The maximum atomic E-state index is 6.08. The van der Waals surface area contributed by atoms with Crippen molar-refractivity contribution in [1.29, 1.82) is 0 Å². The van der Waals surface area contributed by atoms with Crippen LogP contribution < -0.4 is 4.90 Å². The van der Waals surface area contributed by atoms with E-state index in [-0.39, 0.29) is 6.10 Å². The molecule has 0 N–H and O–H groups in total. The van der Waals surface area contributed by atoms with Gasteiger partial charge < -0.3 is 9.64 Å². The summed E-state index contributed by atoms with van der Waals surface area (Å²) in [6.07, 6.45) is 17.3. The molecule has 0 bridgehead atoms. The first-order chi connectivity index (χ1) is 14.2. The zero-order valence-electron chi connectivity index (χ0n) is 17.7. The van der Waals surface area contributed by atoms with E-state index in [2.05, 4.69) is 19.7 Å². The lowest BCUT2D eigenvalue weighted by Gasteiger charge is -2.45. The van der Waals surface area contributed by atoms with Gasteiger partial charge in [0.05, 0.1) is 24.4 Å². The molecule has 158 valence electrons. The molecular weight excluding hydrogens is 364 g/mol. The highest BCUT2D eigenvalue weighted by Gasteiger charge is 2.38. The molecule has 2 aromatic heterocycles. The molecule has 3 fully saturated rings. The molecule has 1 unspecified atom stereocenters. The maximum absolute atomic E-state index is 6.08. The largest absolute Gasteiger partial charge is 0.376 e. The standard InChI is InChI=1S/C22H34N6O/c1-26-15-18(14-23-26)20-24-25-21(28(20)16-19-8-3-6-13-29-19)27-12-7-11-22(17-27)9-4-2-5-10-22/h14-15,19H,2-13,16-17H2,1H3. The van der Waals surface area contributed by atoms with E-state index in [9.17, 15) is 0 Å². The smallest absolute Gasteiger partial charge is 0.227 e. The number of hydrogen-bond donors (Lipinski definition) is 0. The lowest BCUT2D eigenvalue weighted by molar-refractivity contribution is 0.00629. The topological polar surface area (TPSA) is 61.0 Å². The van der Waals surface area contributed by atoms with E-state index < -0.39 is 0 Å². The fourth-order valence-corrected chi connectivity index (χ4v) is 5.69. The van der Waals surface area contributed by atoms with Gasteiger partial charge in [0.25, 0.3) is 0 Å². The van der Waals surface area contributed by atoms with Gasteiger partial charge in [-0.15, -0.1) is 10.2 Å². The molecule has 0 amide bonds. The SMILES string of the molecule is Cn1cc(-c2nnc(N3CCCC4(CCCCC4)C3)n2CC2CCCCO2)cn1. The zero-order chi connectivity index (χ0) is 19.7. The fourth-order valence-electron chi connectivity index (χ4n) is 5.69. The van der Waals surface area contributed by atoms with Crippen LogP contribution in [0.15, 0.2) is 12.4 Å². The van der Waals surface area contributed by atoms with Crippen molar-refractivity contribution in [3.63, 3.8) is 0 Å². The Hall–Kier alpha value is -1.89. The minimum absolute atomic E-state index is 0.252. The van der Waals surface area contributed by atoms with Crippen LogP contribution in [0.1, 0.15) is 64.2 Å². The fraction of sp³-hybridized carbons (Fsp3) is 0.773. The summed E-state index contributed by atoms with van der Waals surface area (Å²) >= 11 is 0. The molecule has 4 heterocycles. The molecule has 2 aromatic rings. The third kappa shape index (κ3) is 3.93. The van der Waals surface area contributed by atoms with Crippen molar-refractivity contribution in [2.24, 2.45) is 12.5 Å². The van der Waals surface area contributed by atoms with Crippen molar-refractivity contribution in [3.05, 3.63) is 12.4 Å². The van der Waals surface area contributed by atoms with Gasteiger partial charge in [0, 0.05) is 32.9 Å². The van der Waals surface area contributed by atoms with E-state index in [1.165, 1.54) is 57.8 Å². The number of nitrogens with zero attached hydrogens (tertiary/aromatic N) is 6. The first-order valence-corrected chi connectivity index (χ1v) is 11.5. The highest BCUT2D eigenvalue weighted by molar-refractivity contribution is 5.56. The summed E-state index contributed by atoms with van der Waals surface area (Å²) in [6.45, 7) is 3.91. The number of anilines is 1. The Kier molecular flexibility index (Phi) is 5.33. The van der Waals surface area contributed by atoms with Gasteiger partial charge in [-0.1, -0.05) is 19.3 Å². The van der Waals surface area contributed by atoms with Gasteiger partial charge in [0.1, 0.15) is 0 Å². The van der Waals surface area contributed by atoms with Gasteiger partial charge in [-0.3, -0.25) is 9.25 Å². The predicted molar refractivity (Wildman–Crippen MR) is 113 cm³/mol. The number of hydrogen-bond acceptors (Lipinski definition) is 5. The number of aryl methyl sites for hydroxylation is 1. The van der Waals surface area contributed by atoms with E-state index in [4.69, 9.17) is 9.84 Å². The van der Waals surface area contributed by atoms with Crippen molar-refractivity contribution >= 4 is 5.95 Å². The van der Waals surface area contributed by atoms with Gasteiger partial charge in [-0.05, 0) is 50.4 Å². The summed E-state index contributed by atoms with van der Waals surface area (Å²) in [4.78, 5) is 2.52. The molecule has 0 radical (unpaired) electrons. The van der Waals surface area contributed by atoms with Crippen molar-refractivity contribution in [2.75, 3.05) is 24.6 Å². The third-order valence-electron chi connectivity index (χ3n) is 7.21. The Bertz CT molecular complexity index is 810. The van der Waals surface area contributed by atoms with Gasteiger partial charge >= 0.3 is 0 Å². The monoisotopic (exact) mass is 398 g/mol. The number of ether oxygens (including phenoxy) is 1. The van der Waals surface area contributed by atoms with Crippen molar-refractivity contribution in [3.8, 4) is 11.4 Å². The second-order valence-corrected chi connectivity index (χ2v) is 9.41. The first-order valence-electron chi connectivity index (χ1n) is 11.5. The molecule has 5 rings (SSSR count). The van der Waals surface area contributed by atoms with Crippen LogP contribution in [0.3, 0.4) is 0 Å². The summed E-state index contributed by atoms with van der Waals surface area (Å²) in [7, 11) is 1.95. The minimum Gasteiger partial charge on any atom is -0.376 e. The van der Waals surface area contributed by atoms with Crippen LogP contribution in [0, 0.1) is 5.41 Å². The van der Waals surface area contributed by atoms with Gasteiger partial charge in [-0.25, -0.2) is 0 Å². The summed E-state index contributed by atoms with van der Waals surface area (Å²) in [5.41, 5.74) is 1.52. The van der Waals surface area contributed by atoms with Crippen molar-refractivity contribution < 1.29 is 4.74 Å². The summed E-state index contributed by atoms with van der Waals surface area (Å²) in [5, 5.41) is 13.7. The Morgan fingerprint density at radius 2 is 1.93 bits per heavy atom. The number of piperidine rings is 1. The van der Waals surface area contributed by atoms with E-state index >= 15 is 0 Å². The van der Waals surface area contributed by atoms with E-state index in [1.807, 2.05) is 24.1 Å². The highest BCUT2D eigenvalue weighted by atomic mass is 16.5. The molecule has 2 saturated heterocycles. The summed E-state index contributed by atoms with van der Waals surface area (Å²) in [5.74, 6) is 1.95. The quantitative estimate of drug-likeness (QED) is 0.784. The van der Waals surface area contributed by atoms with E-state index in [0.29, 0.717) is 5.41 Å². The molecule has 1 aliphatic carbocycles. The van der Waals surface area contributed by atoms with Crippen LogP contribution in [0.4, 0.5) is 5.95 Å². The average molecular weight is 399 g/mol. The van der Waals surface area contributed by atoms with Crippen LogP contribution in [0.25, 0.3) is 11.4 Å². The molecule has 29 heavy (non-hydrogen) atoms. The normalized spacial score (nSPS) is 24.9. The van der Waals surface area contributed by atoms with Gasteiger partial charge in [0.15, 0.2) is 5.82 Å². The highest BCUT2D eigenvalue weighted by Crippen LogP contribution is 2.44. The molecule has 1 spiro atoms. The lowest BCUT2D eigenvalue weighted by atomic mass is 9.69. The number of aromatic nitrogens is 5. The molecule has 3 aliphatic rings. The second-order valence-electron chi connectivity index (χ2n) is 9.41. The van der Waals surface area contributed by atoms with Crippen LogP contribution in [-0.2, 0) is 18.3 Å². The molecule has 7 nitrogen and oxygen atoms in total. The van der Waals surface area contributed by atoms with Crippen LogP contribution in [-0.4, -0.2) is 50.3 Å². The Balaban J connectivity index is 1.45. The average Bonchev–Trinajstić information content (AvgIpc) is 3.35. The third-order valence-corrected chi connectivity index (χ3v) is 7.21. The molecule has 1 atom stereocenters. The predicted octanol–water partition coefficient (Wildman–Crippen LogP) is 3.80. The molecule has 2 aliphatic heterocycles. The minimum atomic E-state index is 0.252. The van der Waals surface area contributed by atoms with Crippen molar-refractivity contribution in [2.45, 2.75) is 76.9 Å². The Morgan fingerprint density at radius 1 is 1.07 bits per heavy atom. The molecular formula is C22H34N6O. The summed E-state index contributed by atoms with van der Waals surface area (Å²) in [6, 6.07) is 0. The van der Waals surface area contributed by atoms with Crippen LogP contribution >= 0.6 is 0 Å². The zero-order valence-corrected chi connectivity index (χ0v) is 17.7. The van der Waals surface area contributed by atoms with E-state index in [0.717, 1.165) is 50.0 Å².